The highest BCUT2D eigenvalue weighted by atomic mass is 16.1. The molecule has 0 unspecified atom stereocenters. The number of piperazine rings is 2. The number of benzene rings is 2. The molecule has 228 valence electrons. The van der Waals surface area contributed by atoms with Crippen molar-refractivity contribution in [3.8, 4) is 0 Å². The van der Waals surface area contributed by atoms with Gasteiger partial charge in [0.15, 0.2) is 5.78 Å². The van der Waals surface area contributed by atoms with Crippen LogP contribution in [-0.2, 0) is 13.1 Å². The van der Waals surface area contributed by atoms with Gasteiger partial charge in [-0.3, -0.25) is 14.6 Å². The summed E-state index contributed by atoms with van der Waals surface area (Å²) in [6.07, 6.45) is 12.7. The summed E-state index contributed by atoms with van der Waals surface area (Å²) in [5, 5.41) is 0. The van der Waals surface area contributed by atoms with Crippen molar-refractivity contribution in [2.24, 2.45) is 0 Å². The molecule has 0 N–H and O–H groups in total. The summed E-state index contributed by atoms with van der Waals surface area (Å²) in [5.74, 6) is 1.30. The summed E-state index contributed by atoms with van der Waals surface area (Å²) in [6.45, 7) is 10.9. The van der Waals surface area contributed by atoms with Crippen LogP contribution >= 0.6 is 0 Å². The van der Waals surface area contributed by atoms with Crippen LogP contribution in [0.4, 0.5) is 0 Å². The number of carbonyl (C=O) groups excluding carboxylic acids is 1. The van der Waals surface area contributed by atoms with Gasteiger partial charge in [0.25, 0.3) is 0 Å². The van der Waals surface area contributed by atoms with Crippen molar-refractivity contribution in [3.63, 3.8) is 0 Å². The standard InChI is InChI=1S/C37H54N4O/c1-38-19-23-40(24-20-38)27-31-15-9-17-33(35(31)29-11-5-3-6-12-29)37(42)34-18-10-16-32(28-41-25-21-39(2)22-26-41)36(34)30-13-7-4-8-14-30/h9-10,15-18,29-30H,3-8,11-14,19-28H2,1-2H3. The Bertz CT molecular complexity index is 1090. The molecule has 2 aromatic rings. The number of hydrogen-bond acceptors (Lipinski definition) is 5. The fourth-order valence-electron chi connectivity index (χ4n) is 8.28. The SMILES string of the molecule is CN1CCN(Cc2cccc(C(=O)c3cccc(CN4CCN(C)CC4)c3C3CCCCC3)c2C2CCCCC2)CC1. The van der Waals surface area contributed by atoms with Gasteiger partial charge < -0.3 is 9.80 Å². The van der Waals surface area contributed by atoms with E-state index in [9.17, 15) is 4.79 Å². The van der Waals surface area contributed by atoms with Gasteiger partial charge in [0.2, 0.25) is 0 Å². The molecule has 2 aliphatic carbocycles. The van der Waals surface area contributed by atoms with Crippen molar-refractivity contribution >= 4 is 5.78 Å². The Kier molecular flexibility index (Phi) is 10.1. The molecule has 0 aromatic heterocycles. The Hall–Kier alpha value is -2.05. The summed E-state index contributed by atoms with van der Waals surface area (Å²) in [4.78, 5) is 25.0. The van der Waals surface area contributed by atoms with E-state index in [-0.39, 0.29) is 5.78 Å². The Morgan fingerprint density at radius 1 is 0.571 bits per heavy atom. The molecule has 2 saturated heterocycles. The van der Waals surface area contributed by atoms with Gasteiger partial charge in [0, 0.05) is 76.6 Å². The largest absolute Gasteiger partial charge is 0.304 e. The molecule has 5 nitrogen and oxygen atoms in total. The van der Waals surface area contributed by atoms with Crippen LogP contribution in [0.15, 0.2) is 36.4 Å². The fraction of sp³-hybridized carbons (Fsp3) is 0.649. The highest BCUT2D eigenvalue weighted by Crippen LogP contribution is 2.41. The van der Waals surface area contributed by atoms with Crippen LogP contribution in [0.25, 0.3) is 0 Å². The molecule has 6 rings (SSSR count). The van der Waals surface area contributed by atoms with Crippen LogP contribution in [0, 0.1) is 0 Å². The van der Waals surface area contributed by atoms with E-state index in [0.717, 1.165) is 76.6 Å². The van der Waals surface area contributed by atoms with Crippen LogP contribution in [0.2, 0.25) is 0 Å². The molecule has 5 heteroatoms. The molecule has 4 aliphatic rings. The molecule has 42 heavy (non-hydrogen) atoms. The predicted molar refractivity (Wildman–Crippen MR) is 174 cm³/mol. The average Bonchev–Trinajstić information content (AvgIpc) is 3.03. The minimum absolute atomic E-state index is 0.289. The first-order chi connectivity index (χ1) is 20.6. The van der Waals surface area contributed by atoms with Crippen molar-refractivity contribution in [3.05, 3.63) is 69.8 Å². The van der Waals surface area contributed by atoms with Gasteiger partial charge in [-0.25, -0.2) is 0 Å². The molecule has 0 radical (unpaired) electrons. The number of hydrogen-bond donors (Lipinski definition) is 0. The normalized spacial score (nSPS) is 22.9. The summed E-state index contributed by atoms with van der Waals surface area (Å²) in [7, 11) is 4.46. The zero-order valence-corrected chi connectivity index (χ0v) is 26.5. The first-order valence-electron chi connectivity index (χ1n) is 17.2. The maximum Gasteiger partial charge on any atom is 0.193 e. The third-order valence-corrected chi connectivity index (χ3v) is 10.9. The topological polar surface area (TPSA) is 30.0 Å². The zero-order chi connectivity index (χ0) is 28.9. The number of ketones is 1. The average molecular weight is 571 g/mol. The fourth-order valence-corrected chi connectivity index (χ4v) is 8.28. The zero-order valence-electron chi connectivity index (χ0n) is 26.5. The Labute approximate surface area is 255 Å². The van der Waals surface area contributed by atoms with E-state index >= 15 is 0 Å². The van der Waals surface area contributed by atoms with Crippen LogP contribution in [0.3, 0.4) is 0 Å². The van der Waals surface area contributed by atoms with Gasteiger partial charge in [-0.1, -0.05) is 74.9 Å². The summed E-state index contributed by atoms with van der Waals surface area (Å²) < 4.78 is 0. The molecule has 0 bridgehead atoms. The Balaban J connectivity index is 1.37. The second-order valence-electron chi connectivity index (χ2n) is 13.9. The van der Waals surface area contributed by atoms with Gasteiger partial charge in [-0.05, 0) is 73.9 Å². The molecular formula is C37H54N4O. The predicted octanol–water partition coefficient (Wildman–Crippen LogP) is 6.51. The molecule has 0 amide bonds. The number of likely N-dealkylation sites (N-methyl/N-ethyl adjacent to an activating group) is 2. The Morgan fingerprint density at radius 2 is 0.952 bits per heavy atom. The van der Waals surface area contributed by atoms with E-state index in [4.69, 9.17) is 0 Å². The van der Waals surface area contributed by atoms with Crippen LogP contribution in [-0.4, -0.2) is 91.8 Å². The van der Waals surface area contributed by atoms with Crippen molar-refractivity contribution in [2.75, 3.05) is 66.5 Å². The number of carbonyl (C=O) groups is 1. The molecule has 2 aromatic carbocycles. The van der Waals surface area contributed by atoms with Crippen molar-refractivity contribution in [2.45, 2.75) is 89.1 Å². The Morgan fingerprint density at radius 3 is 1.33 bits per heavy atom. The minimum Gasteiger partial charge on any atom is -0.304 e. The lowest BCUT2D eigenvalue weighted by atomic mass is 9.75. The van der Waals surface area contributed by atoms with E-state index < -0.39 is 0 Å². The quantitative estimate of drug-likeness (QED) is 0.338. The van der Waals surface area contributed by atoms with Crippen molar-refractivity contribution in [1.82, 2.24) is 19.6 Å². The van der Waals surface area contributed by atoms with Gasteiger partial charge in [-0.2, -0.15) is 0 Å². The molecule has 0 atom stereocenters. The van der Waals surface area contributed by atoms with Crippen LogP contribution < -0.4 is 0 Å². The van der Waals surface area contributed by atoms with Crippen molar-refractivity contribution < 1.29 is 4.79 Å². The van der Waals surface area contributed by atoms with Crippen LogP contribution in [0.1, 0.15) is 114 Å². The molecule has 0 spiro atoms. The molecule has 4 fully saturated rings. The summed E-state index contributed by atoms with van der Waals surface area (Å²) in [5.41, 5.74) is 7.60. The van der Waals surface area contributed by atoms with Gasteiger partial charge in [-0.15, -0.1) is 0 Å². The third kappa shape index (κ3) is 7.01. The van der Waals surface area contributed by atoms with E-state index in [1.807, 2.05) is 0 Å². The highest BCUT2D eigenvalue weighted by Gasteiger charge is 2.30. The minimum atomic E-state index is 0.289. The lowest BCUT2D eigenvalue weighted by molar-refractivity contribution is 0.103. The first kappa shape index (κ1) is 30.0. The van der Waals surface area contributed by atoms with E-state index in [0.29, 0.717) is 11.8 Å². The lowest BCUT2D eigenvalue weighted by Gasteiger charge is -2.35. The monoisotopic (exact) mass is 570 g/mol. The maximum absolute atomic E-state index is 14.9. The first-order valence-corrected chi connectivity index (χ1v) is 17.2. The van der Waals surface area contributed by atoms with E-state index in [1.165, 1.54) is 86.5 Å². The van der Waals surface area contributed by atoms with E-state index in [1.54, 1.807) is 0 Å². The van der Waals surface area contributed by atoms with Gasteiger partial charge in [0.1, 0.15) is 0 Å². The smallest absolute Gasteiger partial charge is 0.193 e. The van der Waals surface area contributed by atoms with Crippen molar-refractivity contribution in [1.29, 1.82) is 0 Å². The number of nitrogens with zero attached hydrogens (tertiary/aromatic N) is 4. The molecule has 2 aliphatic heterocycles. The third-order valence-electron chi connectivity index (χ3n) is 10.9. The molecule has 2 heterocycles. The second-order valence-corrected chi connectivity index (χ2v) is 13.9. The summed E-state index contributed by atoms with van der Waals surface area (Å²) >= 11 is 0. The summed E-state index contributed by atoms with van der Waals surface area (Å²) in [6, 6.07) is 13.4. The second kappa shape index (κ2) is 14.2. The van der Waals surface area contributed by atoms with Crippen LogP contribution in [0.5, 0.6) is 0 Å². The number of rotatable bonds is 8. The molecule has 2 saturated carbocycles. The maximum atomic E-state index is 14.9. The highest BCUT2D eigenvalue weighted by molar-refractivity contribution is 6.11. The van der Waals surface area contributed by atoms with Gasteiger partial charge in [0.05, 0.1) is 0 Å². The lowest BCUT2D eigenvalue weighted by Crippen LogP contribution is -2.44. The molecular weight excluding hydrogens is 516 g/mol. The van der Waals surface area contributed by atoms with Gasteiger partial charge >= 0.3 is 0 Å². The van der Waals surface area contributed by atoms with E-state index in [2.05, 4.69) is 70.1 Å².